The highest BCUT2D eigenvalue weighted by Crippen LogP contribution is 2.08. The Labute approximate surface area is 85.0 Å². The predicted octanol–water partition coefficient (Wildman–Crippen LogP) is 1.26. The van der Waals surface area contributed by atoms with Gasteiger partial charge in [0, 0.05) is 25.0 Å². The van der Waals surface area contributed by atoms with Crippen LogP contribution in [0.5, 0.6) is 0 Å². The van der Waals surface area contributed by atoms with Crippen LogP contribution in [-0.2, 0) is 0 Å². The highest BCUT2D eigenvalue weighted by Gasteiger charge is 2.08. The van der Waals surface area contributed by atoms with Crippen molar-refractivity contribution >= 4 is 5.82 Å². The van der Waals surface area contributed by atoms with Gasteiger partial charge in [-0.25, -0.2) is 4.98 Å². The number of nitrogens with one attached hydrogen (secondary N) is 1. The summed E-state index contributed by atoms with van der Waals surface area (Å²) in [7, 11) is 0. The van der Waals surface area contributed by atoms with Gasteiger partial charge >= 0.3 is 0 Å². The van der Waals surface area contributed by atoms with Crippen molar-refractivity contribution in [3.8, 4) is 0 Å². The standard InChI is InChI=1S/C10H18N4/c1-8(2)5-9(6-11)14-10-7-12-3-4-13-10/h3-4,7-9H,5-6,11H2,1-2H3,(H,13,14). The molecule has 4 nitrogen and oxygen atoms in total. The van der Waals surface area contributed by atoms with Crippen LogP contribution < -0.4 is 11.1 Å². The van der Waals surface area contributed by atoms with E-state index in [1.807, 2.05) is 0 Å². The van der Waals surface area contributed by atoms with E-state index in [9.17, 15) is 0 Å². The van der Waals surface area contributed by atoms with E-state index in [0.717, 1.165) is 12.2 Å². The van der Waals surface area contributed by atoms with E-state index in [2.05, 4.69) is 29.1 Å². The van der Waals surface area contributed by atoms with Crippen molar-refractivity contribution in [2.75, 3.05) is 11.9 Å². The molecule has 0 aliphatic carbocycles. The Balaban J connectivity index is 2.48. The molecule has 0 aliphatic rings. The monoisotopic (exact) mass is 194 g/mol. The average Bonchev–Trinajstić information content (AvgIpc) is 2.17. The van der Waals surface area contributed by atoms with Crippen LogP contribution in [0.25, 0.3) is 0 Å². The van der Waals surface area contributed by atoms with Crippen LogP contribution in [0.2, 0.25) is 0 Å². The SMILES string of the molecule is CC(C)CC(CN)Nc1cnccn1. The fourth-order valence-corrected chi connectivity index (χ4v) is 1.37. The van der Waals surface area contributed by atoms with Crippen molar-refractivity contribution in [3.05, 3.63) is 18.6 Å². The molecule has 0 aliphatic heterocycles. The van der Waals surface area contributed by atoms with Gasteiger partial charge in [0.1, 0.15) is 5.82 Å². The normalized spacial score (nSPS) is 12.9. The molecule has 0 aromatic carbocycles. The third kappa shape index (κ3) is 3.70. The molecule has 0 radical (unpaired) electrons. The lowest BCUT2D eigenvalue weighted by Gasteiger charge is -2.18. The summed E-state index contributed by atoms with van der Waals surface area (Å²) >= 11 is 0. The summed E-state index contributed by atoms with van der Waals surface area (Å²) in [5.41, 5.74) is 5.66. The lowest BCUT2D eigenvalue weighted by Crippen LogP contribution is -2.30. The second-order valence-corrected chi connectivity index (χ2v) is 3.80. The lowest BCUT2D eigenvalue weighted by atomic mass is 10.0. The zero-order valence-corrected chi connectivity index (χ0v) is 8.77. The maximum Gasteiger partial charge on any atom is 0.144 e. The zero-order valence-electron chi connectivity index (χ0n) is 8.77. The van der Waals surface area contributed by atoms with E-state index in [4.69, 9.17) is 5.73 Å². The number of nitrogens with zero attached hydrogens (tertiary/aromatic N) is 2. The Bertz CT molecular complexity index is 248. The van der Waals surface area contributed by atoms with Gasteiger partial charge in [0.2, 0.25) is 0 Å². The topological polar surface area (TPSA) is 63.8 Å². The molecule has 0 bridgehead atoms. The van der Waals surface area contributed by atoms with Gasteiger partial charge in [-0.1, -0.05) is 13.8 Å². The first-order chi connectivity index (χ1) is 6.72. The van der Waals surface area contributed by atoms with Crippen molar-refractivity contribution < 1.29 is 0 Å². The maximum atomic E-state index is 5.66. The first kappa shape index (κ1) is 10.9. The summed E-state index contributed by atoms with van der Waals surface area (Å²) in [6.07, 6.45) is 6.09. The minimum atomic E-state index is 0.284. The lowest BCUT2D eigenvalue weighted by molar-refractivity contribution is 0.521. The third-order valence-electron chi connectivity index (χ3n) is 1.96. The number of anilines is 1. The molecule has 1 aromatic heterocycles. The van der Waals surface area contributed by atoms with Crippen molar-refractivity contribution in [2.24, 2.45) is 11.7 Å². The maximum absolute atomic E-state index is 5.66. The van der Waals surface area contributed by atoms with Gasteiger partial charge in [-0.05, 0) is 12.3 Å². The minimum absolute atomic E-state index is 0.284. The molecule has 1 aromatic rings. The number of rotatable bonds is 5. The molecular formula is C10H18N4. The fourth-order valence-electron chi connectivity index (χ4n) is 1.37. The van der Waals surface area contributed by atoms with Crippen LogP contribution in [0.4, 0.5) is 5.82 Å². The van der Waals surface area contributed by atoms with Gasteiger partial charge < -0.3 is 11.1 Å². The Morgan fingerprint density at radius 1 is 1.43 bits per heavy atom. The first-order valence-electron chi connectivity index (χ1n) is 4.95. The summed E-state index contributed by atoms with van der Waals surface area (Å²) in [5, 5.41) is 3.26. The molecule has 1 heterocycles. The summed E-state index contributed by atoms with van der Waals surface area (Å²) in [4.78, 5) is 8.13. The van der Waals surface area contributed by atoms with Gasteiger partial charge in [-0.3, -0.25) is 4.98 Å². The molecule has 0 spiro atoms. The Morgan fingerprint density at radius 2 is 2.21 bits per heavy atom. The molecule has 4 heteroatoms. The van der Waals surface area contributed by atoms with Crippen molar-refractivity contribution in [1.82, 2.24) is 9.97 Å². The largest absolute Gasteiger partial charge is 0.365 e. The average molecular weight is 194 g/mol. The molecular weight excluding hydrogens is 176 g/mol. The van der Waals surface area contributed by atoms with Gasteiger partial charge in [-0.15, -0.1) is 0 Å². The van der Waals surface area contributed by atoms with E-state index < -0.39 is 0 Å². The van der Waals surface area contributed by atoms with Crippen LogP contribution in [0, 0.1) is 5.92 Å². The number of hydrogen-bond donors (Lipinski definition) is 2. The molecule has 0 saturated carbocycles. The Morgan fingerprint density at radius 3 is 2.71 bits per heavy atom. The van der Waals surface area contributed by atoms with Gasteiger partial charge in [0.15, 0.2) is 0 Å². The molecule has 1 unspecified atom stereocenters. The molecule has 78 valence electrons. The number of hydrogen-bond acceptors (Lipinski definition) is 4. The molecule has 3 N–H and O–H groups in total. The minimum Gasteiger partial charge on any atom is -0.365 e. The van der Waals surface area contributed by atoms with E-state index >= 15 is 0 Å². The van der Waals surface area contributed by atoms with E-state index in [0.29, 0.717) is 12.5 Å². The van der Waals surface area contributed by atoms with Crippen LogP contribution in [-0.4, -0.2) is 22.6 Å². The highest BCUT2D eigenvalue weighted by atomic mass is 15.0. The van der Waals surface area contributed by atoms with Gasteiger partial charge in [-0.2, -0.15) is 0 Å². The second-order valence-electron chi connectivity index (χ2n) is 3.80. The van der Waals surface area contributed by atoms with Gasteiger partial charge in [0.25, 0.3) is 0 Å². The summed E-state index contributed by atoms with van der Waals surface area (Å²) < 4.78 is 0. The van der Waals surface area contributed by atoms with Crippen molar-refractivity contribution in [2.45, 2.75) is 26.3 Å². The summed E-state index contributed by atoms with van der Waals surface area (Å²) in [6, 6.07) is 0.284. The van der Waals surface area contributed by atoms with Crippen molar-refractivity contribution in [3.63, 3.8) is 0 Å². The van der Waals surface area contributed by atoms with Crippen LogP contribution in [0.1, 0.15) is 20.3 Å². The summed E-state index contributed by atoms with van der Waals surface area (Å²) in [5.74, 6) is 1.43. The molecule has 1 atom stereocenters. The van der Waals surface area contributed by atoms with E-state index in [-0.39, 0.29) is 6.04 Å². The molecule has 0 saturated heterocycles. The predicted molar refractivity (Wildman–Crippen MR) is 58.0 cm³/mol. The van der Waals surface area contributed by atoms with E-state index in [1.165, 1.54) is 0 Å². The second kappa shape index (κ2) is 5.54. The van der Waals surface area contributed by atoms with Crippen LogP contribution in [0.15, 0.2) is 18.6 Å². The number of nitrogens with two attached hydrogens (primary N) is 1. The molecule has 14 heavy (non-hydrogen) atoms. The Kier molecular flexibility index (Phi) is 4.32. The van der Waals surface area contributed by atoms with Gasteiger partial charge in [0.05, 0.1) is 6.20 Å². The zero-order chi connectivity index (χ0) is 10.4. The third-order valence-corrected chi connectivity index (χ3v) is 1.96. The fraction of sp³-hybridized carbons (Fsp3) is 0.600. The number of aromatic nitrogens is 2. The molecule has 1 rings (SSSR count). The van der Waals surface area contributed by atoms with Crippen LogP contribution in [0.3, 0.4) is 0 Å². The van der Waals surface area contributed by atoms with E-state index in [1.54, 1.807) is 18.6 Å². The Hall–Kier alpha value is -1.16. The van der Waals surface area contributed by atoms with Crippen molar-refractivity contribution in [1.29, 1.82) is 0 Å². The molecule has 0 amide bonds. The molecule has 0 fully saturated rings. The smallest absolute Gasteiger partial charge is 0.144 e. The van der Waals surface area contributed by atoms with Crippen LogP contribution >= 0.6 is 0 Å². The quantitative estimate of drug-likeness (QED) is 0.740. The summed E-state index contributed by atoms with van der Waals surface area (Å²) in [6.45, 7) is 4.98. The highest BCUT2D eigenvalue weighted by molar-refractivity contribution is 5.31. The first-order valence-corrected chi connectivity index (χ1v) is 4.95.